The number of aromatic nitrogens is 2. The summed E-state index contributed by atoms with van der Waals surface area (Å²) in [7, 11) is 0. The molecule has 4 rings (SSSR count). The standard InChI is InChI=1S/C18H20N4O/c23-17(16-13-15(16)14-5-2-1-3-6-14)21-9-11-22(12-10-21)18-19-7-4-8-20-18/h1-8,15-16H,9-13H2/t15-,16+/m1/s1. The number of carbonyl (C=O) groups is 1. The molecule has 0 radical (unpaired) electrons. The second-order valence-electron chi connectivity index (χ2n) is 6.22. The Morgan fingerprint density at radius 1 is 0.957 bits per heavy atom. The fourth-order valence-corrected chi connectivity index (χ4v) is 3.35. The smallest absolute Gasteiger partial charge is 0.226 e. The maximum absolute atomic E-state index is 12.7. The zero-order valence-electron chi connectivity index (χ0n) is 13.0. The van der Waals surface area contributed by atoms with Gasteiger partial charge in [0.2, 0.25) is 11.9 Å². The number of piperazine rings is 1. The highest BCUT2D eigenvalue weighted by Gasteiger charge is 2.46. The normalized spacial score (nSPS) is 23.7. The van der Waals surface area contributed by atoms with Crippen molar-refractivity contribution in [1.82, 2.24) is 14.9 Å². The van der Waals surface area contributed by atoms with Gasteiger partial charge in [-0.15, -0.1) is 0 Å². The fourth-order valence-electron chi connectivity index (χ4n) is 3.35. The molecule has 0 bridgehead atoms. The zero-order chi connectivity index (χ0) is 15.6. The molecule has 5 nitrogen and oxygen atoms in total. The first-order valence-electron chi connectivity index (χ1n) is 8.18. The van der Waals surface area contributed by atoms with Crippen LogP contribution in [0.1, 0.15) is 17.9 Å². The summed E-state index contributed by atoms with van der Waals surface area (Å²) >= 11 is 0. The molecule has 2 aliphatic rings. The third-order valence-corrected chi connectivity index (χ3v) is 4.76. The van der Waals surface area contributed by atoms with Gasteiger partial charge in [-0.1, -0.05) is 30.3 Å². The number of hydrogen-bond donors (Lipinski definition) is 0. The number of nitrogens with zero attached hydrogens (tertiary/aromatic N) is 4. The molecular weight excluding hydrogens is 288 g/mol. The van der Waals surface area contributed by atoms with Crippen LogP contribution in [0.4, 0.5) is 5.95 Å². The Bertz CT molecular complexity index is 668. The molecule has 0 unspecified atom stereocenters. The van der Waals surface area contributed by atoms with Crippen molar-refractivity contribution >= 4 is 11.9 Å². The highest BCUT2D eigenvalue weighted by atomic mass is 16.2. The Balaban J connectivity index is 1.34. The van der Waals surface area contributed by atoms with Gasteiger partial charge in [0, 0.05) is 44.5 Å². The maximum Gasteiger partial charge on any atom is 0.226 e. The van der Waals surface area contributed by atoms with Crippen molar-refractivity contribution in [3.8, 4) is 0 Å². The molecule has 2 atom stereocenters. The summed E-state index contributed by atoms with van der Waals surface area (Å²) in [5.41, 5.74) is 1.29. The first-order valence-corrected chi connectivity index (χ1v) is 8.18. The monoisotopic (exact) mass is 308 g/mol. The van der Waals surface area contributed by atoms with E-state index >= 15 is 0 Å². The van der Waals surface area contributed by atoms with Crippen LogP contribution in [-0.2, 0) is 4.79 Å². The van der Waals surface area contributed by atoms with Crippen LogP contribution < -0.4 is 4.90 Å². The van der Waals surface area contributed by atoms with Crippen molar-refractivity contribution in [2.45, 2.75) is 12.3 Å². The van der Waals surface area contributed by atoms with Crippen LogP contribution in [0, 0.1) is 5.92 Å². The molecule has 2 aromatic rings. The molecule has 1 aliphatic heterocycles. The minimum Gasteiger partial charge on any atom is -0.339 e. The van der Waals surface area contributed by atoms with E-state index in [1.54, 1.807) is 12.4 Å². The second kappa shape index (κ2) is 5.99. The molecule has 1 saturated heterocycles. The molecule has 1 aliphatic carbocycles. The van der Waals surface area contributed by atoms with E-state index in [1.807, 2.05) is 29.2 Å². The SMILES string of the molecule is O=C([C@H]1C[C@@H]1c1ccccc1)N1CCN(c2ncccn2)CC1. The molecule has 2 heterocycles. The molecule has 1 aromatic carbocycles. The summed E-state index contributed by atoms with van der Waals surface area (Å²) in [6, 6.07) is 12.2. The van der Waals surface area contributed by atoms with Crippen LogP contribution in [0.3, 0.4) is 0 Å². The van der Waals surface area contributed by atoms with E-state index in [0.29, 0.717) is 11.8 Å². The fraction of sp³-hybridized carbons (Fsp3) is 0.389. The molecular formula is C18H20N4O. The van der Waals surface area contributed by atoms with Gasteiger partial charge in [-0.2, -0.15) is 0 Å². The molecule has 0 N–H and O–H groups in total. The van der Waals surface area contributed by atoms with E-state index in [-0.39, 0.29) is 5.92 Å². The molecule has 5 heteroatoms. The van der Waals surface area contributed by atoms with Crippen molar-refractivity contribution in [1.29, 1.82) is 0 Å². The predicted octanol–water partition coefficient (Wildman–Crippen LogP) is 1.93. The van der Waals surface area contributed by atoms with Crippen molar-refractivity contribution < 1.29 is 4.79 Å². The molecule has 2 fully saturated rings. The lowest BCUT2D eigenvalue weighted by Gasteiger charge is -2.34. The number of rotatable bonds is 3. The summed E-state index contributed by atoms with van der Waals surface area (Å²) in [5, 5.41) is 0. The van der Waals surface area contributed by atoms with E-state index in [0.717, 1.165) is 38.5 Å². The van der Waals surface area contributed by atoms with Crippen LogP contribution in [0.2, 0.25) is 0 Å². The van der Waals surface area contributed by atoms with Crippen LogP contribution >= 0.6 is 0 Å². The minimum atomic E-state index is 0.178. The van der Waals surface area contributed by atoms with Gasteiger partial charge in [-0.25, -0.2) is 9.97 Å². The largest absolute Gasteiger partial charge is 0.339 e. The summed E-state index contributed by atoms with van der Waals surface area (Å²) in [4.78, 5) is 25.4. The van der Waals surface area contributed by atoms with Crippen LogP contribution in [0.25, 0.3) is 0 Å². The van der Waals surface area contributed by atoms with Gasteiger partial charge in [0.05, 0.1) is 0 Å². The van der Waals surface area contributed by atoms with Gasteiger partial charge in [-0.05, 0) is 24.0 Å². The average Bonchev–Trinajstić information content (AvgIpc) is 3.44. The third kappa shape index (κ3) is 2.91. The second-order valence-corrected chi connectivity index (χ2v) is 6.22. The van der Waals surface area contributed by atoms with Crippen LogP contribution in [-0.4, -0.2) is 47.0 Å². The van der Waals surface area contributed by atoms with Gasteiger partial charge < -0.3 is 9.80 Å². The van der Waals surface area contributed by atoms with E-state index in [9.17, 15) is 4.79 Å². The Morgan fingerprint density at radius 2 is 1.65 bits per heavy atom. The van der Waals surface area contributed by atoms with Crippen molar-refractivity contribution in [3.63, 3.8) is 0 Å². The topological polar surface area (TPSA) is 49.3 Å². The Morgan fingerprint density at radius 3 is 2.35 bits per heavy atom. The number of anilines is 1. The molecule has 118 valence electrons. The van der Waals surface area contributed by atoms with Gasteiger partial charge >= 0.3 is 0 Å². The molecule has 1 amide bonds. The lowest BCUT2D eigenvalue weighted by atomic mass is 10.1. The predicted molar refractivity (Wildman–Crippen MR) is 88.1 cm³/mol. The lowest BCUT2D eigenvalue weighted by molar-refractivity contribution is -0.133. The summed E-state index contributed by atoms with van der Waals surface area (Å²) in [6.45, 7) is 3.13. The minimum absolute atomic E-state index is 0.178. The van der Waals surface area contributed by atoms with Crippen molar-refractivity contribution in [2.24, 2.45) is 5.92 Å². The first-order chi connectivity index (χ1) is 11.3. The highest BCUT2D eigenvalue weighted by molar-refractivity contribution is 5.83. The van der Waals surface area contributed by atoms with Gasteiger partial charge in [0.25, 0.3) is 0 Å². The van der Waals surface area contributed by atoms with E-state index in [1.165, 1.54) is 5.56 Å². The summed E-state index contributed by atoms with van der Waals surface area (Å²) in [6.07, 6.45) is 4.51. The number of amides is 1. The number of carbonyl (C=O) groups excluding carboxylic acids is 1. The van der Waals surface area contributed by atoms with Crippen LogP contribution in [0.15, 0.2) is 48.8 Å². The maximum atomic E-state index is 12.7. The first kappa shape index (κ1) is 14.2. The Labute approximate surface area is 136 Å². The zero-order valence-corrected chi connectivity index (χ0v) is 13.0. The lowest BCUT2D eigenvalue weighted by Crippen LogP contribution is -2.49. The molecule has 1 aromatic heterocycles. The van der Waals surface area contributed by atoms with Crippen LogP contribution in [0.5, 0.6) is 0 Å². The van der Waals surface area contributed by atoms with E-state index in [4.69, 9.17) is 0 Å². The van der Waals surface area contributed by atoms with E-state index in [2.05, 4.69) is 27.0 Å². The molecule has 0 spiro atoms. The van der Waals surface area contributed by atoms with Crippen molar-refractivity contribution in [2.75, 3.05) is 31.1 Å². The molecule has 23 heavy (non-hydrogen) atoms. The summed E-state index contributed by atoms with van der Waals surface area (Å²) in [5.74, 6) is 1.66. The number of benzene rings is 1. The Kier molecular flexibility index (Phi) is 3.69. The quantitative estimate of drug-likeness (QED) is 0.869. The molecule has 1 saturated carbocycles. The number of hydrogen-bond acceptors (Lipinski definition) is 4. The Hall–Kier alpha value is -2.43. The van der Waals surface area contributed by atoms with E-state index < -0.39 is 0 Å². The van der Waals surface area contributed by atoms with Crippen molar-refractivity contribution in [3.05, 3.63) is 54.4 Å². The third-order valence-electron chi connectivity index (χ3n) is 4.76. The highest BCUT2D eigenvalue weighted by Crippen LogP contribution is 2.48. The van der Waals surface area contributed by atoms with Gasteiger partial charge in [-0.3, -0.25) is 4.79 Å². The summed E-state index contributed by atoms with van der Waals surface area (Å²) < 4.78 is 0. The average molecular weight is 308 g/mol. The van der Waals surface area contributed by atoms with Gasteiger partial charge in [0.15, 0.2) is 0 Å². The van der Waals surface area contributed by atoms with Gasteiger partial charge in [0.1, 0.15) is 0 Å².